The number of fused-ring (bicyclic) bond motifs is 1. The van der Waals surface area contributed by atoms with Crippen molar-refractivity contribution >= 4 is 11.6 Å². The minimum atomic E-state index is -0.317. The standard InChI is InChI=1S/C25H25N3O2/c1-14-7-10-17(11-8-14)28-25-22(16(3)27-28)23(18-13-15(2)9-12-20(18)29)24-19(26-25)5-4-6-21(24)30/h7-13,23,26,29H,4-6H2,1-3H3/t23-/m0/s1. The van der Waals surface area contributed by atoms with E-state index in [1.807, 2.05) is 30.7 Å². The number of Topliss-reactive ketones (excluding diaryl/α,β-unsaturated/α-hetero) is 1. The van der Waals surface area contributed by atoms with E-state index in [4.69, 9.17) is 5.10 Å². The Morgan fingerprint density at radius 1 is 1.03 bits per heavy atom. The highest BCUT2D eigenvalue weighted by Crippen LogP contribution is 2.49. The molecule has 2 aromatic carbocycles. The lowest BCUT2D eigenvalue weighted by atomic mass is 9.75. The summed E-state index contributed by atoms with van der Waals surface area (Å²) in [6.45, 7) is 6.04. The molecule has 1 aliphatic heterocycles. The van der Waals surface area contributed by atoms with Gasteiger partial charge < -0.3 is 10.4 Å². The first kappa shape index (κ1) is 18.7. The second-order valence-electron chi connectivity index (χ2n) is 8.38. The number of phenols is 1. The van der Waals surface area contributed by atoms with Crippen molar-refractivity contribution in [2.24, 2.45) is 0 Å². The van der Waals surface area contributed by atoms with Crippen molar-refractivity contribution in [2.75, 3.05) is 5.32 Å². The van der Waals surface area contributed by atoms with E-state index in [-0.39, 0.29) is 17.5 Å². The molecule has 1 aliphatic carbocycles. The van der Waals surface area contributed by atoms with Crippen LogP contribution in [0.5, 0.6) is 5.75 Å². The summed E-state index contributed by atoms with van der Waals surface area (Å²) >= 11 is 0. The molecule has 0 saturated heterocycles. The number of aromatic nitrogens is 2. The number of benzene rings is 2. The van der Waals surface area contributed by atoms with Crippen LogP contribution in [0.2, 0.25) is 0 Å². The molecule has 0 saturated carbocycles. The van der Waals surface area contributed by atoms with Crippen LogP contribution >= 0.6 is 0 Å². The van der Waals surface area contributed by atoms with Crippen LogP contribution in [-0.4, -0.2) is 20.7 Å². The summed E-state index contributed by atoms with van der Waals surface area (Å²) in [7, 11) is 0. The minimum Gasteiger partial charge on any atom is -0.508 e. The molecule has 3 aromatic rings. The Morgan fingerprint density at radius 3 is 2.53 bits per heavy atom. The average Bonchev–Trinajstić information content (AvgIpc) is 3.05. The highest BCUT2D eigenvalue weighted by atomic mass is 16.3. The third kappa shape index (κ3) is 2.84. The highest BCUT2D eigenvalue weighted by Gasteiger charge is 2.39. The number of nitrogens with zero attached hydrogens (tertiary/aromatic N) is 2. The van der Waals surface area contributed by atoms with Crippen LogP contribution in [0.4, 0.5) is 5.82 Å². The van der Waals surface area contributed by atoms with Gasteiger partial charge >= 0.3 is 0 Å². The Balaban J connectivity index is 1.77. The number of ketones is 1. The first-order chi connectivity index (χ1) is 14.4. The summed E-state index contributed by atoms with van der Waals surface area (Å²) in [5.41, 5.74) is 7.54. The van der Waals surface area contributed by atoms with Gasteiger partial charge in [0.2, 0.25) is 0 Å². The lowest BCUT2D eigenvalue weighted by Gasteiger charge is -2.33. The average molecular weight is 399 g/mol. The maximum absolute atomic E-state index is 13.0. The number of phenolic OH excluding ortho intramolecular Hbond substituents is 1. The number of rotatable bonds is 2. The zero-order valence-electron chi connectivity index (χ0n) is 17.5. The number of carbonyl (C=O) groups excluding carboxylic acids is 1. The topological polar surface area (TPSA) is 67.2 Å². The summed E-state index contributed by atoms with van der Waals surface area (Å²) in [4.78, 5) is 13.0. The molecular weight excluding hydrogens is 374 g/mol. The van der Waals surface area contributed by atoms with Gasteiger partial charge in [0.25, 0.3) is 0 Å². The van der Waals surface area contributed by atoms with Crippen LogP contribution < -0.4 is 5.32 Å². The van der Waals surface area contributed by atoms with Crippen LogP contribution in [0.3, 0.4) is 0 Å². The molecule has 1 atom stereocenters. The molecular formula is C25H25N3O2. The van der Waals surface area contributed by atoms with Crippen molar-refractivity contribution in [3.8, 4) is 11.4 Å². The molecule has 152 valence electrons. The fourth-order valence-electron chi connectivity index (χ4n) is 4.71. The van der Waals surface area contributed by atoms with Gasteiger partial charge in [-0.2, -0.15) is 5.10 Å². The third-order valence-corrected chi connectivity index (χ3v) is 6.18. The van der Waals surface area contributed by atoms with Crippen LogP contribution in [0.1, 0.15) is 53.1 Å². The van der Waals surface area contributed by atoms with Crippen molar-refractivity contribution in [3.05, 3.63) is 81.7 Å². The maximum atomic E-state index is 13.0. The first-order valence-electron chi connectivity index (χ1n) is 10.4. The van der Waals surface area contributed by atoms with E-state index in [1.54, 1.807) is 6.07 Å². The summed E-state index contributed by atoms with van der Waals surface area (Å²) in [5, 5.41) is 19.1. The second kappa shape index (κ2) is 6.87. The lowest BCUT2D eigenvalue weighted by molar-refractivity contribution is -0.116. The van der Waals surface area contributed by atoms with Gasteiger partial charge in [0.1, 0.15) is 11.6 Å². The van der Waals surface area contributed by atoms with Crippen LogP contribution in [0, 0.1) is 20.8 Å². The molecule has 0 bridgehead atoms. The quantitative estimate of drug-likeness (QED) is 0.631. The number of hydrogen-bond donors (Lipinski definition) is 2. The number of allylic oxidation sites excluding steroid dienone is 2. The van der Waals surface area contributed by atoms with E-state index in [2.05, 4.69) is 36.5 Å². The fourth-order valence-corrected chi connectivity index (χ4v) is 4.71. The van der Waals surface area contributed by atoms with Gasteiger partial charge in [-0.25, -0.2) is 4.68 Å². The van der Waals surface area contributed by atoms with E-state index < -0.39 is 0 Å². The Morgan fingerprint density at radius 2 is 1.77 bits per heavy atom. The van der Waals surface area contributed by atoms with Gasteiger partial charge in [-0.3, -0.25) is 4.79 Å². The Bertz CT molecular complexity index is 1200. The van der Waals surface area contributed by atoms with Crippen molar-refractivity contribution in [3.63, 3.8) is 0 Å². The maximum Gasteiger partial charge on any atom is 0.161 e. The number of carbonyl (C=O) groups is 1. The first-order valence-corrected chi connectivity index (χ1v) is 10.4. The molecule has 1 aromatic heterocycles. The van der Waals surface area contributed by atoms with Gasteiger partial charge in [0, 0.05) is 34.7 Å². The number of hydrogen-bond acceptors (Lipinski definition) is 4. The summed E-state index contributed by atoms with van der Waals surface area (Å²) in [6.07, 6.45) is 2.20. The van der Waals surface area contributed by atoms with Crippen molar-refractivity contribution in [1.82, 2.24) is 9.78 Å². The third-order valence-electron chi connectivity index (χ3n) is 6.18. The van der Waals surface area contributed by atoms with Crippen molar-refractivity contribution in [2.45, 2.75) is 46.0 Å². The molecule has 5 rings (SSSR count). The molecule has 0 fully saturated rings. The normalized spacial score (nSPS) is 18.1. The molecule has 2 aliphatic rings. The predicted molar refractivity (Wildman–Crippen MR) is 117 cm³/mol. The summed E-state index contributed by atoms with van der Waals surface area (Å²) in [5.74, 6) is 0.938. The zero-order valence-corrected chi connectivity index (χ0v) is 17.5. The molecule has 5 nitrogen and oxygen atoms in total. The summed E-state index contributed by atoms with van der Waals surface area (Å²) < 4.78 is 1.92. The second-order valence-corrected chi connectivity index (χ2v) is 8.38. The van der Waals surface area contributed by atoms with E-state index in [0.717, 1.165) is 58.0 Å². The predicted octanol–water partition coefficient (Wildman–Crippen LogP) is 5.07. The monoisotopic (exact) mass is 399 g/mol. The van der Waals surface area contributed by atoms with E-state index >= 15 is 0 Å². The number of nitrogens with one attached hydrogen (secondary N) is 1. The van der Waals surface area contributed by atoms with Gasteiger partial charge in [0.05, 0.1) is 11.4 Å². The zero-order chi connectivity index (χ0) is 21.0. The molecule has 0 radical (unpaired) electrons. The van der Waals surface area contributed by atoms with Crippen molar-refractivity contribution in [1.29, 1.82) is 0 Å². The Labute approximate surface area is 176 Å². The lowest BCUT2D eigenvalue weighted by Crippen LogP contribution is -2.27. The molecule has 0 amide bonds. The molecule has 30 heavy (non-hydrogen) atoms. The molecule has 2 N–H and O–H groups in total. The molecule has 0 unspecified atom stereocenters. The Hall–Kier alpha value is -3.34. The van der Waals surface area contributed by atoms with E-state index in [1.165, 1.54) is 5.56 Å². The van der Waals surface area contributed by atoms with Gasteiger partial charge in [-0.1, -0.05) is 35.4 Å². The van der Waals surface area contributed by atoms with Crippen LogP contribution in [0.25, 0.3) is 5.69 Å². The SMILES string of the molecule is Cc1ccc(-n2nc(C)c3c2NC2=C(C(=O)CCC2)[C@H]3c2cc(C)ccc2O)cc1. The number of aryl methyl sites for hydroxylation is 3. The van der Waals surface area contributed by atoms with E-state index in [9.17, 15) is 9.90 Å². The van der Waals surface area contributed by atoms with Gasteiger partial charge in [-0.15, -0.1) is 0 Å². The number of aromatic hydroxyl groups is 1. The smallest absolute Gasteiger partial charge is 0.161 e. The van der Waals surface area contributed by atoms with Gasteiger partial charge in [-0.05, 0) is 51.8 Å². The van der Waals surface area contributed by atoms with E-state index in [0.29, 0.717) is 6.42 Å². The number of anilines is 1. The Kier molecular flexibility index (Phi) is 4.28. The van der Waals surface area contributed by atoms with Gasteiger partial charge in [0.15, 0.2) is 5.78 Å². The van der Waals surface area contributed by atoms with Crippen molar-refractivity contribution < 1.29 is 9.90 Å². The van der Waals surface area contributed by atoms with Crippen LogP contribution in [0.15, 0.2) is 53.7 Å². The molecule has 5 heteroatoms. The molecule has 0 spiro atoms. The highest BCUT2D eigenvalue weighted by molar-refractivity contribution is 6.01. The summed E-state index contributed by atoms with van der Waals surface area (Å²) in [6, 6.07) is 13.9. The molecule has 2 heterocycles. The largest absolute Gasteiger partial charge is 0.508 e. The minimum absolute atomic E-state index is 0.155. The fraction of sp³-hybridized carbons (Fsp3) is 0.280. The van der Waals surface area contributed by atoms with Crippen LogP contribution in [-0.2, 0) is 4.79 Å².